The van der Waals surface area contributed by atoms with Crippen LogP contribution in [0.3, 0.4) is 0 Å². The Labute approximate surface area is 112 Å². The summed E-state index contributed by atoms with van der Waals surface area (Å²) in [6.07, 6.45) is 0. The van der Waals surface area contributed by atoms with Crippen LogP contribution in [-0.2, 0) is 0 Å². The summed E-state index contributed by atoms with van der Waals surface area (Å²) >= 11 is 0. The van der Waals surface area contributed by atoms with Gasteiger partial charge < -0.3 is 22.0 Å². The summed E-state index contributed by atoms with van der Waals surface area (Å²) in [4.78, 5) is 3.14. The number of hydrogen-bond donors (Lipinski definition) is 0. The number of halogens is 4. The van der Waals surface area contributed by atoms with Crippen molar-refractivity contribution in [2.24, 2.45) is 0 Å². The first-order valence-electron chi connectivity index (χ1n) is 5.44. The lowest BCUT2D eigenvalue weighted by molar-refractivity contribution is 0.368. The van der Waals surface area contributed by atoms with Gasteiger partial charge in [-0.25, -0.2) is 0 Å². The van der Waals surface area contributed by atoms with E-state index in [1.807, 2.05) is 36.4 Å². The summed E-state index contributed by atoms with van der Waals surface area (Å²) in [5.74, 6) is 1.25. The van der Waals surface area contributed by atoms with Crippen molar-refractivity contribution in [1.29, 1.82) is 5.39 Å². The quantitative estimate of drug-likeness (QED) is 0.428. The Hall–Kier alpha value is -2.56. The molecule has 0 aliphatic heterocycles. The van der Waals surface area contributed by atoms with Crippen LogP contribution in [0.4, 0.5) is 23.0 Å². The first-order valence-corrected chi connectivity index (χ1v) is 5.44. The predicted octanol–water partition coefficient (Wildman–Crippen LogP) is 5.26. The van der Waals surface area contributed by atoms with E-state index in [2.05, 4.69) is 4.98 Å². The van der Waals surface area contributed by atoms with E-state index in [-0.39, 0.29) is 0 Å². The molecule has 0 unspecified atom stereocenters. The second-order valence-corrected chi connectivity index (χ2v) is 3.48. The molecule has 0 amide bonds. The minimum absolute atomic E-state index is 0.418. The van der Waals surface area contributed by atoms with Crippen LogP contribution in [0.5, 0.6) is 11.5 Å². The SMILES string of the molecule is F[B-](F)(F)F.N#[N+]c1ccccc1Oc1ccccc1. The third kappa shape index (κ3) is 6.40. The molecule has 2 aromatic carbocycles. The van der Waals surface area contributed by atoms with Gasteiger partial charge >= 0.3 is 12.9 Å². The Kier molecular flexibility index (Phi) is 5.53. The zero-order valence-corrected chi connectivity index (χ0v) is 10.1. The summed E-state index contributed by atoms with van der Waals surface area (Å²) in [5.41, 5.74) is 0.418. The van der Waals surface area contributed by atoms with Gasteiger partial charge in [-0.1, -0.05) is 30.3 Å². The van der Waals surface area contributed by atoms with Gasteiger partial charge in [-0.3, -0.25) is 0 Å². The summed E-state index contributed by atoms with van der Waals surface area (Å²) in [6.45, 7) is 0. The molecular formula is C12H9BF4N2O. The van der Waals surface area contributed by atoms with Gasteiger partial charge in [-0.15, -0.1) is 0 Å². The third-order valence-electron chi connectivity index (χ3n) is 1.94. The van der Waals surface area contributed by atoms with Crippen LogP contribution >= 0.6 is 0 Å². The topological polar surface area (TPSA) is 37.4 Å². The molecule has 104 valence electrons. The molecule has 0 radical (unpaired) electrons. The van der Waals surface area contributed by atoms with Crippen LogP contribution in [-0.4, -0.2) is 7.25 Å². The molecule has 0 bridgehead atoms. The van der Waals surface area contributed by atoms with Gasteiger partial charge in [0, 0.05) is 6.07 Å². The van der Waals surface area contributed by atoms with Crippen molar-refractivity contribution in [2.45, 2.75) is 0 Å². The molecule has 2 aromatic rings. The lowest BCUT2D eigenvalue weighted by atomic mass is 10.3. The highest BCUT2D eigenvalue weighted by atomic mass is 19.5. The number of rotatable bonds is 2. The van der Waals surface area contributed by atoms with Crippen molar-refractivity contribution in [3.8, 4) is 11.5 Å². The zero-order valence-electron chi connectivity index (χ0n) is 10.1. The van der Waals surface area contributed by atoms with Crippen LogP contribution < -0.4 is 4.74 Å². The summed E-state index contributed by atoms with van der Waals surface area (Å²) in [7, 11) is -6.00. The highest BCUT2D eigenvalue weighted by Gasteiger charge is 2.20. The molecule has 0 fully saturated rings. The average Bonchev–Trinajstić information content (AvgIpc) is 2.39. The van der Waals surface area contributed by atoms with Crippen molar-refractivity contribution >= 4 is 12.9 Å². The molecule has 2 rings (SSSR count). The molecule has 0 aliphatic rings. The van der Waals surface area contributed by atoms with Crippen LogP contribution in [0.15, 0.2) is 54.6 Å². The van der Waals surface area contributed by atoms with Crippen LogP contribution in [0.2, 0.25) is 0 Å². The summed E-state index contributed by atoms with van der Waals surface area (Å²) in [5, 5.41) is 8.74. The van der Waals surface area contributed by atoms with Crippen LogP contribution in [0.1, 0.15) is 0 Å². The molecule has 0 saturated heterocycles. The van der Waals surface area contributed by atoms with E-state index < -0.39 is 7.25 Å². The van der Waals surface area contributed by atoms with E-state index in [4.69, 9.17) is 10.1 Å². The Morgan fingerprint density at radius 1 is 0.850 bits per heavy atom. The lowest BCUT2D eigenvalue weighted by Crippen LogP contribution is -2.02. The molecule has 0 heterocycles. The predicted molar refractivity (Wildman–Crippen MR) is 67.9 cm³/mol. The highest BCUT2D eigenvalue weighted by molar-refractivity contribution is 6.50. The highest BCUT2D eigenvalue weighted by Crippen LogP contribution is 2.30. The van der Waals surface area contributed by atoms with Gasteiger partial charge in [0.2, 0.25) is 11.1 Å². The Morgan fingerprint density at radius 3 is 1.90 bits per heavy atom. The van der Waals surface area contributed by atoms with E-state index in [0.29, 0.717) is 17.2 Å². The Morgan fingerprint density at radius 2 is 1.35 bits per heavy atom. The van der Waals surface area contributed by atoms with E-state index in [1.54, 1.807) is 18.2 Å². The smallest absolute Gasteiger partial charge is 0.449 e. The minimum Gasteiger partial charge on any atom is -0.449 e. The Bertz CT molecular complexity index is 578. The fraction of sp³-hybridized carbons (Fsp3) is 0. The average molecular weight is 284 g/mol. The summed E-state index contributed by atoms with van der Waals surface area (Å²) < 4.78 is 44.5. The van der Waals surface area contributed by atoms with Crippen molar-refractivity contribution in [3.05, 3.63) is 59.6 Å². The maximum absolute atomic E-state index is 9.75. The van der Waals surface area contributed by atoms with Gasteiger partial charge in [0.05, 0.1) is 0 Å². The second kappa shape index (κ2) is 7.14. The fourth-order valence-corrected chi connectivity index (χ4v) is 1.24. The molecule has 0 atom stereocenters. The van der Waals surface area contributed by atoms with E-state index >= 15 is 0 Å². The number of ether oxygens (including phenoxy) is 1. The molecular weight excluding hydrogens is 275 g/mol. The van der Waals surface area contributed by atoms with Crippen molar-refractivity contribution < 1.29 is 22.0 Å². The van der Waals surface area contributed by atoms with E-state index in [0.717, 1.165) is 0 Å². The van der Waals surface area contributed by atoms with Gasteiger partial charge in [0.25, 0.3) is 0 Å². The molecule has 20 heavy (non-hydrogen) atoms. The number of benzene rings is 2. The maximum Gasteiger partial charge on any atom is 0.673 e. The second-order valence-electron chi connectivity index (χ2n) is 3.48. The molecule has 0 saturated carbocycles. The molecule has 8 heteroatoms. The van der Waals surface area contributed by atoms with Gasteiger partial charge in [0.15, 0.2) is 4.98 Å². The van der Waals surface area contributed by atoms with Gasteiger partial charge in [-0.2, -0.15) is 0 Å². The van der Waals surface area contributed by atoms with Crippen molar-refractivity contribution in [1.82, 2.24) is 0 Å². The van der Waals surface area contributed by atoms with Gasteiger partial charge in [-0.05, 0) is 18.2 Å². The fourth-order valence-electron chi connectivity index (χ4n) is 1.24. The number of para-hydroxylation sites is 2. The molecule has 0 aliphatic carbocycles. The zero-order chi connectivity index (χ0) is 15.0. The van der Waals surface area contributed by atoms with E-state index in [9.17, 15) is 17.3 Å². The monoisotopic (exact) mass is 284 g/mol. The largest absolute Gasteiger partial charge is 0.673 e. The lowest BCUT2D eigenvalue weighted by Gasteiger charge is -2.01. The third-order valence-corrected chi connectivity index (χ3v) is 1.94. The first-order chi connectivity index (χ1) is 9.40. The van der Waals surface area contributed by atoms with Crippen LogP contribution in [0.25, 0.3) is 4.98 Å². The number of nitrogens with zero attached hydrogens (tertiary/aromatic N) is 2. The van der Waals surface area contributed by atoms with Crippen LogP contribution in [0, 0.1) is 5.39 Å². The molecule has 0 N–H and O–H groups in total. The normalized spacial score (nSPS) is 9.95. The van der Waals surface area contributed by atoms with Gasteiger partial charge in [0.1, 0.15) is 5.75 Å². The Balaban J connectivity index is 0.000000347. The summed E-state index contributed by atoms with van der Waals surface area (Å²) in [6, 6.07) is 16.4. The van der Waals surface area contributed by atoms with E-state index in [1.165, 1.54) is 0 Å². The number of diazo groups is 1. The number of hydrogen-bond acceptors (Lipinski definition) is 2. The van der Waals surface area contributed by atoms with Crippen molar-refractivity contribution in [3.63, 3.8) is 0 Å². The first kappa shape index (κ1) is 15.5. The molecule has 0 spiro atoms. The minimum atomic E-state index is -6.00. The standard InChI is InChI=1S/C12H9N2O.BF4/c13-14-11-8-4-5-9-12(11)15-10-6-2-1-3-7-10;2-1(3,4)5/h1-9H;/q+1;-1. The molecule has 0 aromatic heterocycles. The molecule has 3 nitrogen and oxygen atoms in total. The van der Waals surface area contributed by atoms with Crippen molar-refractivity contribution in [2.75, 3.05) is 0 Å². The maximum atomic E-state index is 9.75.